The SMILES string of the molecule is COc1ccc(C(C[Si](C)(C)C)C[Si](C)(C)C)cc1. The molecular weight excluding hydrogens is 264 g/mol. The van der Waals surface area contributed by atoms with Gasteiger partial charge < -0.3 is 4.74 Å². The highest BCUT2D eigenvalue weighted by atomic mass is 28.3. The predicted molar refractivity (Wildman–Crippen MR) is 92.0 cm³/mol. The molecule has 3 heteroatoms. The van der Waals surface area contributed by atoms with E-state index in [0.29, 0.717) is 0 Å². The summed E-state index contributed by atoms with van der Waals surface area (Å²) < 4.78 is 5.27. The largest absolute Gasteiger partial charge is 0.497 e. The van der Waals surface area contributed by atoms with Crippen LogP contribution >= 0.6 is 0 Å². The van der Waals surface area contributed by atoms with Gasteiger partial charge >= 0.3 is 0 Å². The highest BCUT2D eigenvalue weighted by Gasteiger charge is 2.26. The molecule has 0 amide bonds. The first-order valence-corrected chi connectivity index (χ1v) is 14.7. The fourth-order valence-corrected chi connectivity index (χ4v) is 6.67. The molecule has 0 N–H and O–H groups in total. The van der Waals surface area contributed by atoms with Crippen LogP contribution < -0.4 is 4.74 Å². The van der Waals surface area contributed by atoms with Gasteiger partial charge in [0.15, 0.2) is 0 Å². The van der Waals surface area contributed by atoms with Gasteiger partial charge in [0.05, 0.1) is 7.11 Å². The summed E-state index contributed by atoms with van der Waals surface area (Å²) in [6, 6.07) is 11.5. The molecule has 19 heavy (non-hydrogen) atoms. The molecule has 1 aromatic carbocycles. The number of benzene rings is 1. The van der Waals surface area contributed by atoms with Gasteiger partial charge in [0.1, 0.15) is 5.75 Å². The molecule has 0 unspecified atom stereocenters. The third-order valence-electron chi connectivity index (χ3n) is 3.30. The molecule has 0 aliphatic carbocycles. The summed E-state index contributed by atoms with van der Waals surface area (Å²) in [5.74, 6) is 1.70. The molecule has 0 radical (unpaired) electrons. The molecule has 0 spiro atoms. The second-order valence-corrected chi connectivity index (χ2v) is 19.1. The number of methoxy groups -OCH3 is 1. The second-order valence-electron chi connectivity index (χ2n) is 8.00. The van der Waals surface area contributed by atoms with Crippen molar-refractivity contribution in [2.45, 2.75) is 57.3 Å². The third-order valence-corrected chi connectivity index (χ3v) is 6.74. The predicted octanol–water partition coefficient (Wildman–Crippen LogP) is 5.46. The van der Waals surface area contributed by atoms with Gasteiger partial charge in [-0.1, -0.05) is 63.5 Å². The lowest BCUT2D eigenvalue weighted by molar-refractivity contribution is 0.414. The Labute approximate surface area is 121 Å². The van der Waals surface area contributed by atoms with E-state index in [2.05, 4.69) is 63.5 Å². The van der Waals surface area contributed by atoms with Gasteiger partial charge in [0, 0.05) is 16.1 Å². The van der Waals surface area contributed by atoms with Crippen molar-refractivity contribution in [1.82, 2.24) is 0 Å². The molecule has 0 aliphatic rings. The van der Waals surface area contributed by atoms with Crippen LogP contribution in [0.4, 0.5) is 0 Å². The molecule has 0 saturated carbocycles. The Kier molecular flexibility index (Phi) is 5.45. The van der Waals surface area contributed by atoms with Crippen molar-refractivity contribution in [3.63, 3.8) is 0 Å². The maximum atomic E-state index is 5.27. The van der Waals surface area contributed by atoms with E-state index in [-0.39, 0.29) is 0 Å². The monoisotopic (exact) mass is 294 g/mol. The van der Waals surface area contributed by atoms with Crippen molar-refractivity contribution < 1.29 is 4.74 Å². The Morgan fingerprint density at radius 1 is 0.842 bits per heavy atom. The van der Waals surface area contributed by atoms with E-state index in [4.69, 9.17) is 4.74 Å². The molecule has 0 aromatic heterocycles. The van der Waals surface area contributed by atoms with E-state index < -0.39 is 16.1 Å². The summed E-state index contributed by atoms with van der Waals surface area (Å²) in [7, 11) is -0.335. The zero-order valence-electron chi connectivity index (χ0n) is 13.7. The van der Waals surface area contributed by atoms with Crippen LogP contribution in [0.1, 0.15) is 11.5 Å². The van der Waals surface area contributed by atoms with Gasteiger partial charge in [0.2, 0.25) is 0 Å². The Bertz CT molecular complexity index is 369. The van der Waals surface area contributed by atoms with Crippen LogP contribution in [0, 0.1) is 0 Å². The number of rotatable bonds is 6. The van der Waals surface area contributed by atoms with Crippen molar-refractivity contribution in [2.24, 2.45) is 0 Å². The average molecular weight is 295 g/mol. The minimum atomic E-state index is -1.03. The van der Waals surface area contributed by atoms with E-state index in [1.165, 1.54) is 17.7 Å². The van der Waals surface area contributed by atoms with Crippen molar-refractivity contribution in [3.8, 4) is 5.75 Å². The van der Waals surface area contributed by atoms with Gasteiger partial charge in [-0.25, -0.2) is 0 Å². The standard InChI is InChI=1S/C16H30OSi2/c1-17-16-10-8-14(9-11-16)15(12-18(2,3)4)13-19(5,6)7/h8-11,15H,12-13H2,1-7H3. The van der Waals surface area contributed by atoms with Crippen LogP contribution in [0.2, 0.25) is 51.4 Å². The van der Waals surface area contributed by atoms with Crippen molar-refractivity contribution >= 4 is 16.1 Å². The summed E-state index contributed by atoms with van der Waals surface area (Å²) >= 11 is 0. The van der Waals surface area contributed by atoms with Crippen LogP contribution in [-0.4, -0.2) is 23.3 Å². The Hall–Kier alpha value is -0.546. The molecule has 0 fully saturated rings. The van der Waals surface area contributed by atoms with E-state index in [0.717, 1.165) is 11.7 Å². The molecule has 0 saturated heterocycles. The average Bonchev–Trinajstić information content (AvgIpc) is 2.24. The quantitative estimate of drug-likeness (QED) is 0.633. The van der Waals surface area contributed by atoms with E-state index in [1.807, 2.05) is 0 Å². The summed E-state index contributed by atoms with van der Waals surface area (Å²) in [5.41, 5.74) is 1.51. The minimum Gasteiger partial charge on any atom is -0.497 e. The Morgan fingerprint density at radius 3 is 1.58 bits per heavy atom. The van der Waals surface area contributed by atoms with Crippen molar-refractivity contribution in [1.29, 1.82) is 0 Å². The molecular formula is C16H30OSi2. The first-order chi connectivity index (χ1) is 8.61. The van der Waals surface area contributed by atoms with Crippen molar-refractivity contribution in [2.75, 3.05) is 7.11 Å². The zero-order chi connectivity index (χ0) is 14.7. The molecule has 1 aromatic rings. The number of hydrogen-bond acceptors (Lipinski definition) is 1. The van der Waals surface area contributed by atoms with Crippen LogP contribution in [0.25, 0.3) is 0 Å². The molecule has 1 nitrogen and oxygen atoms in total. The summed E-state index contributed by atoms with van der Waals surface area (Å²) in [4.78, 5) is 0. The van der Waals surface area contributed by atoms with Crippen molar-refractivity contribution in [3.05, 3.63) is 29.8 Å². The molecule has 0 heterocycles. The van der Waals surface area contributed by atoms with Gasteiger partial charge in [-0.05, 0) is 23.6 Å². The first kappa shape index (κ1) is 16.5. The summed E-state index contributed by atoms with van der Waals surface area (Å²) in [5, 5.41) is 0. The normalized spacial score (nSPS) is 12.8. The van der Waals surface area contributed by atoms with E-state index in [1.54, 1.807) is 7.11 Å². The summed E-state index contributed by atoms with van der Waals surface area (Å²) in [6.45, 7) is 14.9. The van der Waals surface area contributed by atoms with Gasteiger partial charge in [0.25, 0.3) is 0 Å². The van der Waals surface area contributed by atoms with Gasteiger partial charge in [-0.2, -0.15) is 0 Å². The Morgan fingerprint density at radius 2 is 1.26 bits per heavy atom. The fourth-order valence-electron chi connectivity index (χ4n) is 2.66. The first-order valence-electron chi connectivity index (χ1n) is 7.25. The highest BCUT2D eigenvalue weighted by molar-refractivity contribution is 6.78. The minimum absolute atomic E-state index is 0.740. The molecule has 0 bridgehead atoms. The smallest absolute Gasteiger partial charge is 0.118 e. The molecule has 108 valence electrons. The zero-order valence-corrected chi connectivity index (χ0v) is 15.7. The lowest BCUT2D eigenvalue weighted by Gasteiger charge is -2.29. The van der Waals surface area contributed by atoms with Gasteiger partial charge in [-0.15, -0.1) is 0 Å². The van der Waals surface area contributed by atoms with Gasteiger partial charge in [-0.3, -0.25) is 0 Å². The van der Waals surface area contributed by atoms with Crippen LogP contribution in [0.15, 0.2) is 24.3 Å². The maximum absolute atomic E-state index is 5.27. The van der Waals surface area contributed by atoms with Crippen LogP contribution in [0.5, 0.6) is 5.75 Å². The lowest BCUT2D eigenvalue weighted by atomic mass is 10.0. The number of hydrogen-bond donors (Lipinski definition) is 0. The Balaban J connectivity index is 2.94. The van der Waals surface area contributed by atoms with E-state index >= 15 is 0 Å². The summed E-state index contributed by atoms with van der Waals surface area (Å²) in [6.07, 6.45) is 0. The maximum Gasteiger partial charge on any atom is 0.118 e. The number of ether oxygens (including phenoxy) is 1. The van der Waals surface area contributed by atoms with Crippen LogP contribution in [0.3, 0.4) is 0 Å². The lowest BCUT2D eigenvalue weighted by Crippen LogP contribution is -2.28. The molecule has 0 atom stereocenters. The molecule has 0 aliphatic heterocycles. The fraction of sp³-hybridized carbons (Fsp3) is 0.625. The second kappa shape index (κ2) is 6.27. The third kappa shape index (κ3) is 6.43. The van der Waals surface area contributed by atoms with E-state index in [9.17, 15) is 0 Å². The highest BCUT2D eigenvalue weighted by Crippen LogP contribution is 2.34. The topological polar surface area (TPSA) is 9.23 Å². The molecule has 1 rings (SSSR count). The van der Waals surface area contributed by atoms with Crippen LogP contribution in [-0.2, 0) is 0 Å².